The lowest BCUT2D eigenvalue weighted by atomic mass is 10.2. The molecule has 1 saturated heterocycles. The molecule has 0 radical (unpaired) electrons. The van der Waals surface area contributed by atoms with Crippen molar-refractivity contribution < 1.29 is 26.4 Å². The van der Waals surface area contributed by atoms with E-state index in [1.54, 1.807) is 12.1 Å². The lowest BCUT2D eigenvalue weighted by molar-refractivity contribution is -0.114. The first kappa shape index (κ1) is 23.2. The SMILES string of the molecule is Cc1ccccc1NC(=O)CN(c1ccc(S(=O)(=O)N2CCOCC2)cc1)S(C)(=O)=O. The van der Waals surface area contributed by atoms with E-state index in [9.17, 15) is 21.6 Å². The fraction of sp³-hybridized carbons (Fsp3) is 0.350. The number of anilines is 2. The summed E-state index contributed by atoms with van der Waals surface area (Å²) in [7, 11) is -7.49. The van der Waals surface area contributed by atoms with Gasteiger partial charge in [0.15, 0.2) is 0 Å². The molecule has 0 spiro atoms. The first-order valence-corrected chi connectivity index (χ1v) is 12.9. The van der Waals surface area contributed by atoms with Gasteiger partial charge in [0.2, 0.25) is 26.0 Å². The first-order chi connectivity index (χ1) is 14.6. The summed E-state index contributed by atoms with van der Waals surface area (Å²) in [6.45, 7) is 2.57. The molecule has 31 heavy (non-hydrogen) atoms. The molecule has 1 fully saturated rings. The van der Waals surface area contributed by atoms with Crippen LogP contribution in [0.3, 0.4) is 0 Å². The maximum Gasteiger partial charge on any atom is 0.245 e. The zero-order valence-corrected chi connectivity index (χ0v) is 18.9. The summed E-state index contributed by atoms with van der Waals surface area (Å²) in [5, 5.41) is 2.70. The molecule has 9 nitrogen and oxygen atoms in total. The van der Waals surface area contributed by atoms with Crippen LogP contribution in [0.5, 0.6) is 0 Å². The number of aryl methyl sites for hydroxylation is 1. The summed E-state index contributed by atoms with van der Waals surface area (Å²) >= 11 is 0. The standard InChI is InChI=1S/C20H25N3O6S2/c1-16-5-3-4-6-19(16)21-20(24)15-23(30(2,25)26)17-7-9-18(10-8-17)31(27,28)22-11-13-29-14-12-22/h3-10H,11-15H2,1-2H3,(H,21,24). The quantitative estimate of drug-likeness (QED) is 0.659. The van der Waals surface area contributed by atoms with Crippen molar-refractivity contribution in [1.29, 1.82) is 0 Å². The zero-order chi connectivity index (χ0) is 22.6. The Balaban J connectivity index is 1.80. The van der Waals surface area contributed by atoms with Crippen molar-refractivity contribution in [3.05, 3.63) is 54.1 Å². The number of amides is 1. The molecule has 1 aliphatic heterocycles. The molecule has 11 heteroatoms. The van der Waals surface area contributed by atoms with E-state index in [0.29, 0.717) is 18.9 Å². The number of sulfonamides is 2. The number of nitrogens with zero attached hydrogens (tertiary/aromatic N) is 2. The average molecular weight is 468 g/mol. The van der Waals surface area contributed by atoms with E-state index in [4.69, 9.17) is 4.74 Å². The second-order valence-corrected chi connectivity index (χ2v) is 11.0. The number of morpholine rings is 1. The van der Waals surface area contributed by atoms with Gasteiger partial charge in [-0.2, -0.15) is 4.31 Å². The lowest BCUT2D eigenvalue weighted by Crippen LogP contribution is -2.40. The lowest BCUT2D eigenvalue weighted by Gasteiger charge is -2.26. The van der Waals surface area contributed by atoms with E-state index in [2.05, 4.69) is 5.32 Å². The Morgan fingerprint density at radius 2 is 1.65 bits per heavy atom. The van der Waals surface area contributed by atoms with Crippen molar-refractivity contribution in [3.63, 3.8) is 0 Å². The van der Waals surface area contributed by atoms with Gasteiger partial charge in [-0.15, -0.1) is 0 Å². The summed E-state index contributed by atoms with van der Waals surface area (Å²) < 4.78 is 57.6. The zero-order valence-electron chi connectivity index (χ0n) is 17.3. The van der Waals surface area contributed by atoms with Gasteiger partial charge in [-0.05, 0) is 42.8 Å². The molecule has 1 amide bonds. The van der Waals surface area contributed by atoms with Crippen molar-refractivity contribution in [1.82, 2.24) is 4.31 Å². The van der Waals surface area contributed by atoms with E-state index in [1.807, 2.05) is 19.1 Å². The largest absolute Gasteiger partial charge is 0.379 e. The van der Waals surface area contributed by atoms with Crippen molar-refractivity contribution in [2.45, 2.75) is 11.8 Å². The van der Waals surface area contributed by atoms with Gasteiger partial charge in [0.25, 0.3) is 0 Å². The molecule has 2 aromatic carbocycles. The number of hydrogen-bond donors (Lipinski definition) is 1. The van der Waals surface area contributed by atoms with Crippen LogP contribution in [0.15, 0.2) is 53.4 Å². The number of para-hydroxylation sites is 1. The molecule has 0 aromatic heterocycles. The number of ether oxygens (including phenoxy) is 1. The van der Waals surface area contributed by atoms with Crippen LogP contribution >= 0.6 is 0 Å². The number of rotatable bonds is 7. The van der Waals surface area contributed by atoms with Crippen molar-refractivity contribution in [3.8, 4) is 0 Å². The minimum atomic E-state index is -3.79. The number of benzene rings is 2. The Hall–Kier alpha value is -2.47. The molecule has 1 N–H and O–H groups in total. The molecule has 2 aromatic rings. The van der Waals surface area contributed by atoms with Crippen LogP contribution in [0, 0.1) is 6.92 Å². The summed E-state index contributed by atoms with van der Waals surface area (Å²) in [6.07, 6.45) is 0.992. The van der Waals surface area contributed by atoms with Gasteiger partial charge in [-0.3, -0.25) is 9.10 Å². The van der Waals surface area contributed by atoms with E-state index < -0.39 is 32.5 Å². The molecular formula is C20H25N3O6S2. The van der Waals surface area contributed by atoms with Crippen LogP contribution in [-0.2, 0) is 29.6 Å². The van der Waals surface area contributed by atoms with Crippen LogP contribution in [0.2, 0.25) is 0 Å². The topological polar surface area (TPSA) is 113 Å². The highest BCUT2D eigenvalue weighted by Crippen LogP contribution is 2.23. The highest BCUT2D eigenvalue weighted by molar-refractivity contribution is 7.92. The van der Waals surface area contributed by atoms with Gasteiger partial charge in [-0.1, -0.05) is 18.2 Å². The van der Waals surface area contributed by atoms with E-state index in [-0.39, 0.29) is 23.7 Å². The molecule has 168 valence electrons. The van der Waals surface area contributed by atoms with Gasteiger partial charge in [0, 0.05) is 18.8 Å². The monoisotopic (exact) mass is 467 g/mol. The summed E-state index contributed by atoms with van der Waals surface area (Å²) in [6, 6.07) is 12.6. The fourth-order valence-corrected chi connectivity index (χ4v) is 5.42. The second kappa shape index (κ2) is 9.35. The summed E-state index contributed by atoms with van der Waals surface area (Å²) in [5.74, 6) is -0.510. The Morgan fingerprint density at radius 3 is 2.23 bits per heavy atom. The Bertz CT molecular complexity index is 1140. The minimum Gasteiger partial charge on any atom is -0.379 e. The van der Waals surface area contributed by atoms with Gasteiger partial charge in [0.1, 0.15) is 6.54 Å². The average Bonchev–Trinajstić information content (AvgIpc) is 2.74. The van der Waals surface area contributed by atoms with Crippen LogP contribution < -0.4 is 9.62 Å². The molecule has 1 heterocycles. The molecule has 3 rings (SSSR count). The van der Waals surface area contributed by atoms with Gasteiger partial charge in [-0.25, -0.2) is 16.8 Å². The van der Waals surface area contributed by atoms with Crippen LogP contribution in [0.4, 0.5) is 11.4 Å². The first-order valence-electron chi connectivity index (χ1n) is 9.60. The van der Waals surface area contributed by atoms with Gasteiger partial charge >= 0.3 is 0 Å². The predicted octanol–water partition coefficient (Wildman–Crippen LogP) is 1.42. The molecule has 1 aliphatic rings. The Morgan fingerprint density at radius 1 is 1.03 bits per heavy atom. The van der Waals surface area contributed by atoms with Crippen LogP contribution in [-0.4, -0.2) is 66.2 Å². The summed E-state index contributed by atoms with van der Waals surface area (Å²) in [4.78, 5) is 12.5. The normalized spacial score (nSPS) is 15.4. The van der Waals surface area contributed by atoms with Crippen molar-refractivity contribution in [2.24, 2.45) is 0 Å². The predicted molar refractivity (Wildman–Crippen MR) is 118 cm³/mol. The molecule has 0 bridgehead atoms. The second-order valence-electron chi connectivity index (χ2n) is 7.14. The summed E-state index contributed by atoms with van der Waals surface area (Å²) in [5.41, 5.74) is 1.63. The third-order valence-electron chi connectivity index (χ3n) is 4.84. The maximum absolute atomic E-state index is 12.8. The van der Waals surface area contributed by atoms with E-state index in [1.165, 1.54) is 28.6 Å². The Labute approximate surface area is 182 Å². The third kappa shape index (κ3) is 5.62. The molecule has 0 unspecified atom stereocenters. The minimum absolute atomic E-state index is 0.0518. The highest BCUT2D eigenvalue weighted by Gasteiger charge is 2.27. The van der Waals surface area contributed by atoms with E-state index in [0.717, 1.165) is 16.1 Å². The van der Waals surface area contributed by atoms with Crippen LogP contribution in [0.25, 0.3) is 0 Å². The van der Waals surface area contributed by atoms with Gasteiger partial charge in [0.05, 0.1) is 30.1 Å². The molecule has 0 atom stereocenters. The third-order valence-corrected chi connectivity index (χ3v) is 7.89. The van der Waals surface area contributed by atoms with Gasteiger partial charge < -0.3 is 10.1 Å². The number of nitrogens with one attached hydrogen (secondary N) is 1. The molecule has 0 saturated carbocycles. The van der Waals surface area contributed by atoms with Crippen molar-refractivity contribution in [2.75, 3.05) is 48.7 Å². The van der Waals surface area contributed by atoms with E-state index >= 15 is 0 Å². The number of carbonyl (C=O) groups is 1. The van der Waals surface area contributed by atoms with Crippen LogP contribution in [0.1, 0.15) is 5.56 Å². The number of carbonyl (C=O) groups excluding carboxylic acids is 1. The van der Waals surface area contributed by atoms with Crippen molar-refractivity contribution >= 4 is 37.3 Å². The highest BCUT2D eigenvalue weighted by atomic mass is 32.2. The molecule has 0 aliphatic carbocycles. The molecular weight excluding hydrogens is 442 g/mol. The maximum atomic E-state index is 12.8. The Kier molecular flexibility index (Phi) is 6.99. The number of hydrogen-bond acceptors (Lipinski definition) is 6. The fourth-order valence-electron chi connectivity index (χ4n) is 3.15. The smallest absolute Gasteiger partial charge is 0.245 e.